The zero-order valence-corrected chi connectivity index (χ0v) is 16.6. The van der Waals surface area contributed by atoms with Crippen LogP contribution in [0.4, 0.5) is 5.69 Å². The Morgan fingerprint density at radius 3 is 2.64 bits per heavy atom. The van der Waals surface area contributed by atoms with E-state index >= 15 is 0 Å². The molecule has 0 aliphatic carbocycles. The van der Waals surface area contributed by atoms with Crippen molar-refractivity contribution in [3.05, 3.63) is 57.2 Å². The van der Waals surface area contributed by atoms with E-state index in [0.717, 1.165) is 28.2 Å². The lowest BCUT2D eigenvalue weighted by molar-refractivity contribution is -0.116. The van der Waals surface area contributed by atoms with Crippen LogP contribution in [0, 0.1) is 13.8 Å². The van der Waals surface area contributed by atoms with Crippen molar-refractivity contribution in [3.8, 4) is 0 Å². The number of carbonyl (C=O) groups excluding carboxylic acids is 1. The Bertz CT molecular complexity index is 1280. The van der Waals surface area contributed by atoms with Crippen LogP contribution in [0.5, 0.6) is 0 Å². The molecule has 0 bridgehead atoms. The molecule has 1 amide bonds. The largest absolute Gasteiger partial charge is 0.324 e. The van der Waals surface area contributed by atoms with Gasteiger partial charge in [0.1, 0.15) is 11.4 Å². The molecule has 3 heterocycles. The average molecular weight is 393 g/mol. The molecule has 142 valence electrons. The zero-order valence-electron chi connectivity index (χ0n) is 15.8. The molecular weight excluding hydrogens is 374 g/mol. The fourth-order valence-electron chi connectivity index (χ4n) is 2.96. The molecule has 4 rings (SSSR count). The van der Waals surface area contributed by atoms with E-state index in [2.05, 4.69) is 20.3 Å². The van der Waals surface area contributed by atoms with Gasteiger partial charge in [0.15, 0.2) is 0 Å². The first-order chi connectivity index (χ1) is 13.4. The van der Waals surface area contributed by atoms with E-state index in [4.69, 9.17) is 0 Å². The summed E-state index contributed by atoms with van der Waals surface area (Å²) in [5.41, 5.74) is 3.63. The third-order valence-corrected chi connectivity index (χ3v) is 5.78. The monoisotopic (exact) mass is 393 g/mol. The molecule has 0 unspecified atom stereocenters. The SMILES string of the molecule is CCc1cc2c(=O)n(CC(=O)Nc3ccc4nc(C)c(C)nc4c3)cnc2s1. The second kappa shape index (κ2) is 7.12. The summed E-state index contributed by atoms with van der Waals surface area (Å²) in [5.74, 6) is -0.301. The Morgan fingerprint density at radius 1 is 1.14 bits per heavy atom. The number of nitrogens with one attached hydrogen (secondary N) is 1. The van der Waals surface area contributed by atoms with Gasteiger partial charge in [-0.1, -0.05) is 6.92 Å². The highest BCUT2D eigenvalue weighted by Crippen LogP contribution is 2.21. The normalized spacial score (nSPS) is 11.2. The number of nitrogens with zero attached hydrogens (tertiary/aromatic N) is 4. The lowest BCUT2D eigenvalue weighted by atomic mass is 10.2. The van der Waals surface area contributed by atoms with E-state index in [1.807, 2.05) is 32.9 Å². The Labute approximate surface area is 165 Å². The second-order valence-electron chi connectivity index (χ2n) is 6.61. The van der Waals surface area contributed by atoms with Gasteiger partial charge in [-0.15, -0.1) is 11.3 Å². The van der Waals surface area contributed by atoms with Gasteiger partial charge in [0.2, 0.25) is 5.91 Å². The molecule has 4 aromatic rings. The van der Waals surface area contributed by atoms with Gasteiger partial charge < -0.3 is 5.32 Å². The van der Waals surface area contributed by atoms with E-state index in [1.165, 1.54) is 22.2 Å². The van der Waals surface area contributed by atoms with E-state index in [1.54, 1.807) is 12.1 Å². The van der Waals surface area contributed by atoms with Crippen molar-refractivity contribution < 1.29 is 4.79 Å². The molecule has 0 saturated carbocycles. The third-order valence-electron chi connectivity index (χ3n) is 4.59. The Hall–Kier alpha value is -3.13. The molecular formula is C20H19N5O2S. The van der Waals surface area contributed by atoms with Crippen molar-refractivity contribution in [2.75, 3.05) is 5.32 Å². The van der Waals surface area contributed by atoms with Crippen LogP contribution in [0.25, 0.3) is 21.3 Å². The highest BCUT2D eigenvalue weighted by atomic mass is 32.1. The quantitative estimate of drug-likeness (QED) is 0.575. The first-order valence-corrected chi connectivity index (χ1v) is 9.79. The summed E-state index contributed by atoms with van der Waals surface area (Å²) in [6, 6.07) is 7.24. The van der Waals surface area contributed by atoms with Crippen LogP contribution in [0.3, 0.4) is 0 Å². The van der Waals surface area contributed by atoms with E-state index in [-0.39, 0.29) is 18.0 Å². The van der Waals surface area contributed by atoms with Gasteiger partial charge in [0.05, 0.1) is 34.1 Å². The van der Waals surface area contributed by atoms with Crippen molar-refractivity contribution >= 4 is 44.2 Å². The summed E-state index contributed by atoms with van der Waals surface area (Å²) in [7, 11) is 0. The molecule has 0 aliphatic heterocycles. The predicted octanol–water partition coefficient (Wildman–Crippen LogP) is 3.22. The van der Waals surface area contributed by atoms with Gasteiger partial charge in [-0.2, -0.15) is 0 Å². The molecule has 7 nitrogen and oxygen atoms in total. The molecule has 0 spiro atoms. The number of hydrogen-bond acceptors (Lipinski definition) is 6. The van der Waals surface area contributed by atoms with Crippen LogP contribution >= 0.6 is 11.3 Å². The summed E-state index contributed by atoms with van der Waals surface area (Å²) in [5, 5.41) is 3.38. The molecule has 1 N–H and O–H groups in total. The molecule has 3 aromatic heterocycles. The molecule has 0 atom stereocenters. The number of thiophene rings is 1. The maximum atomic E-state index is 12.6. The molecule has 0 saturated heterocycles. The molecule has 8 heteroatoms. The summed E-state index contributed by atoms with van der Waals surface area (Å²) < 4.78 is 1.33. The first kappa shape index (κ1) is 18.2. The highest BCUT2D eigenvalue weighted by molar-refractivity contribution is 7.18. The number of rotatable bonds is 4. The van der Waals surface area contributed by atoms with Gasteiger partial charge in [0, 0.05) is 10.6 Å². The van der Waals surface area contributed by atoms with E-state index < -0.39 is 0 Å². The van der Waals surface area contributed by atoms with Crippen molar-refractivity contribution in [3.63, 3.8) is 0 Å². The standard InChI is InChI=1S/C20H19N5O2S/c1-4-14-8-15-19(28-14)21-10-25(20(15)27)9-18(26)24-13-5-6-16-17(7-13)23-12(3)11(2)22-16/h5-8,10H,4,9H2,1-3H3,(H,24,26). The first-order valence-electron chi connectivity index (χ1n) is 8.97. The van der Waals surface area contributed by atoms with Gasteiger partial charge in [-0.3, -0.25) is 14.2 Å². The van der Waals surface area contributed by atoms with Crippen molar-refractivity contribution in [2.45, 2.75) is 33.7 Å². The summed E-state index contributed by atoms with van der Waals surface area (Å²) in [6.07, 6.45) is 2.28. The molecule has 0 fully saturated rings. The number of carbonyl (C=O) groups is 1. The van der Waals surface area contributed by atoms with Gasteiger partial charge in [-0.05, 0) is 44.5 Å². The van der Waals surface area contributed by atoms with Crippen LogP contribution in [0.1, 0.15) is 23.2 Å². The minimum Gasteiger partial charge on any atom is -0.324 e. The summed E-state index contributed by atoms with van der Waals surface area (Å²) in [4.78, 5) is 40.2. The topological polar surface area (TPSA) is 89.8 Å². The maximum Gasteiger partial charge on any atom is 0.262 e. The molecule has 1 aromatic carbocycles. The second-order valence-corrected chi connectivity index (χ2v) is 7.72. The van der Waals surface area contributed by atoms with Gasteiger partial charge in [0.25, 0.3) is 5.56 Å². The van der Waals surface area contributed by atoms with Crippen molar-refractivity contribution in [1.82, 2.24) is 19.5 Å². The summed E-state index contributed by atoms with van der Waals surface area (Å²) in [6.45, 7) is 5.75. The van der Waals surface area contributed by atoms with Crippen LogP contribution < -0.4 is 10.9 Å². The van der Waals surface area contributed by atoms with E-state index in [0.29, 0.717) is 21.4 Å². The average Bonchev–Trinajstić information content (AvgIpc) is 3.09. The van der Waals surface area contributed by atoms with E-state index in [9.17, 15) is 9.59 Å². The maximum absolute atomic E-state index is 12.6. The van der Waals surface area contributed by atoms with Crippen molar-refractivity contribution in [1.29, 1.82) is 0 Å². The number of benzene rings is 1. The van der Waals surface area contributed by atoms with Crippen LogP contribution in [0.2, 0.25) is 0 Å². The Kier molecular flexibility index (Phi) is 4.64. The fourth-order valence-corrected chi connectivity index (χ4v) is 3.89. The molecule has 0 aliphatic rings. The molecule has 28 heavy (non-hydrogen) atoms. The number of fused-ring (bicyclic) bond motifs is 2. The number of amides is 1. The lowest BCUT2D eigenvalue weighted by Gasteiger charge is -2.08. The number of aryl methyl sites for hydroxylation is 3. The van der Waals surface area contributed by atoms with Gasteiger partial charge >= 0.3 is 0 Å². The minimum absolute atomic E-state index is 0.101. The third kappa shape index (κ3) is 3.38. The Morgan fingerprint density at radius 2 is 1.89 bits per heavy atom. The lowest BCUT2D eigenvalue weighted by Crippen LogP contribution is -2.27. The zero-order chi connectivity index (χ0) is 19.8. The highest BCUT2D eigenvalue weighted by Gasteiger charge is 2.12. The number of aromatic nitrogens is 4. The minimum atomic E-state index is -0.301. The van der Waals surface area contributed by atoms with Crippen molar-refractivity contribution in [2.24, 2.45) is 0 Å². The molecule has 0 radical (unpaired) electrons. The van der Waals surface area contributed by atoms with Crippen LogP contribution in [-0.4, -0.2) is 25.4 Å². The van der Waals surface area contributed by atoms with Crippen LogP contribution in [0.15, 0.2) is 35.4 Å². The van der Waals surface area contributed by atoms with Gasteiger partial charge in [-0.25, -0.2) is 15.0 Å². The predicted molar refractivity (Wildman–Crippen MR) is 111 cm³/mol. The van der Waals surface area contributed by atoms with Crippen LogP contribution in [-0.2, 0) is 17.8 Å². The smallest absolute Gasteiger partial charge is 0.262 e. The summed E-state index contributed by atoms with van der Waals surface area (Å²) >= 11 is 1.51. The number of anilines is 1. The fraction of sp³-hybridized carbons (Fsp3) is 0.250. The Balaban J connectivity index is 1.56. The number of hydrogen-bond donors (Lipinski definition) is 1.